The van der Waals surface area contributed by atoms with E-state index in [-0.39, 0.29) is 30.2 Å². The van der Waals surface area contributed by atoms with E-state index in [1.165, 1.54) is 6.07 Å². The number of carbonyl (C=O) groups is 1. The number of nitrogens with zero attached hydrogens (tertiary/aromatic N) is 5. The minimum absolute atomic E-state index is 0. The first-order valence-electron chi connectivity index (χ1n) is 9.99. The van der Waals surface area contributed by atoms with Crippen LogP contribution in [0.1, 0.15) is 33.5 Å². The van der Waals surface area contributed by atoms with Crippen LogP contribution in [0.5, 0.6) is 0 Å². The first-order chi connectivity index (χ1) is 13.9. The van der Waals surface area contributed by atoms with Crippen LogP contribution in [-0.4, -0.2) is 57.0 Å². The molecule has 0 aliphatic carbocycles. The lowest BCUT2D eigenvalue weighted by molar-refractivity contribution is 0.0761. The summed E-state index contributed by atoms with van der Waals surface area (Å²) < 4.78 is 15.5. The Kier molecular flexibility index (Phi) is 5.28. The maximum Gasteiger partial charge on any atom is 0.274 e. The fourth-order valence-corrected chi connectivity index (χ4v) is 5.17. The average molecular weight is 430 g/mol. The molecule has 4 heterocycles. The zero-order valence-electron chi connectivity index (χ0n) is 17.2. The van der Waals surface area contributed by atoms with Crippen molar-refractivity contribution < 1.29 is 9.18 Å². The van der Waals surface area contributed by atoms with Crippen molar-refractivity contribution in [1.82, 2.24) is 24.4 Å². The predicted molar refractivity (Wildman–Crippen MR) is 114 cm³/mol. The summed E-state index contributed by atoms with van der Waals surface area (Å²) in [7, 11) is 2.08. The molecule has 0 radical (unpaired) electrons. The van der Waals surface area contributed by atoms with Crippen molar-refractivity contribution in [3.05, 3.63) is 64.9 Å². The molecular formula is C22H25ClFN5O. The highest BCUT2D eigenvalue weighted by Crippen LogP contribution is 2.44. The summed E-state index contributed by atoms with van der Waals surface area (Å²) in [6, 6.07) is 10.7. The highest BCUT2D eigenvalue weighted by molar-refractivity contribution is 5.93. The number of hydrogen-bond donors (Lipinski definition) is 0. The number of rotatable bonds is 2. The molecule has 2 aliphatic rings. The number of benzene rings is 1. The highest BCUT2D eigenvalue weighted by atomic mass is 35.5. The van der Waals surface area contributed by atoms with E-state index < -0.39 is 0 Å². The van der Waals surface area contributed by atoms with Gasteiger partial charge in [0.25, 0.3) is 5.91 Å². The maximum atomic E-state index is 13.8. The molecule has 0 bridgehead atoms. The van der Waals surface area contributed by atoms with Gasteiger partial charge in [-0.1, -0.05) is 12.1 Å². The van der Waals surface area contributed by atoms with E-state index in [0.29, 0.717) is 36.3 Å². The Labute approximate surface area is 181 Å². The van der Waals surface area contributed by atoms with Crippen LogP contribution in [0.2, 0.25) is 0 Å². The topological polar surface area (TPSA) is 53.7 Å². The third kappa shape index (κ3) is 3.36. The summed E-state index contributed by atoms with van der Waals surface area (Å²) >= 11 is 0. The predicted octanol–water partition coefficient (Wildman–Crippen LogP) is 3.28. The summed E-state index contributed by atoms with van der Waals surface area (Å²) in [5.74, 6) is 0.414. The van der Waals surface area contributed by atoms with Crippen molar-refractivity contribution in [2.24, 2.45) is 11.8 Å². The molecule has 30 heavy (non-hydrogen) atoms. The van der Waals surface area contributed by atoms with E-state index in [4.69, 9.17) is 0 Å². The van der Waals surface area contributed by atoms with E-state index >= 15 is 0 Å². The molecule has 1 amide bonds. The third-order valence-corrected chi connectivity index (χ3v) is 6.32. The van der Waals surface area contributed by atoms with Gasteiger partial charge in [0.1, 0.15) is 5.82 Å². The SMILES string of the molecule is Cc1cc(C)n2nc(C(=O)N3C[C@@H]4CN(C)[C@@H](c5cccc(F)c5)[C@@H]4C3)cc2n1.Cl. The molecule has 158 valence electrons. The second kappa shape index (κ2) is 7.63. The molecule has 5 rings (SSSR count). The molecular weight excluding hydrogens is 405 g/mol. The van der Waals surface area contributed by atoms with E-state index in [0.717, 1.165) is 23.5 Å². The van der Waals surface area contributed by atoms with Crippen molar-refractivity contribution in [3.8, 4) is 0 Å². The quantitative estimate of drug-likeness (QED) is 0.627. The molecule has 8 heteroatoms. The third-order valence-electron chi connectivity index (χ3n) is 6.32. The van der Waals surface area contributed by atoms with E-state index in [9.17, 15) is 9.18 Å². The Morgan fingerprint density at radius 2 is 1.93 bits per heavy atom. The zero-order valence-corrected chi connectivity index (χ0v) is 18.1. The van der Waals surface area contributed by atoms with Gasteiger partial charge in [-0.3, -0.25) is 9.69 Å². The normalized spacial score (nSPS) is 23.6. The lowest BCUT2D eigenvalue weighted by Crippen LogP contribution is -2.33. The van der Waals surface area contributed by atoms with Crippen molar-refractivity contribution in [2.75, 3.05) is 26.7 Å². The van der Waals surface area contributed by atoms with Crippen molar-refractivity contribution >= 4 is 24.0 Å². The largest absolute Gasteiger partial charge is 0.337 e. The summed E-state index contributed by atoms with van der Waals surface area (Å²) in [4.78, 5) is 21.8. The van der Waals surface area contributed by atoms with Crippen LogP contribution in [0.3, 0.4) is 0 Å². The Balaban J connectivity index is 0.00000218. The van der Waals surface area contributed by atoms with E-state index in [1.54, 1.807) is 22.7 Å². The van der Waals surface area contributed by atoms with Crippen LogP contribution in [0.4, 0.5) is 4.39 Å². The number of aromatic nitrogens is 3. The van der Waals surface area contributed by atoms with Gasteiger partial charge in [-0.05, 0) is 50.6 Å². The average Bonchev–Trinajstić information content (AvgIpc) is 3.33. The van der Waals surface area contributed by atoms with Gasteiger partial charge in [0.05, 0.1) is 0 Å². The molecule has 2 fully saturated rings. The Hall–Kier alpha value is -2.51. The van der Waals surface area contributed by atoms with Gasteiger partial charge in [-0.15, -0.1) is 12.4 Å². The van der Waals surface area contributed by atoms with Gasteiger partial charge in [0.2, 0.25) is 0 Å². The van der Waals surface area contributed by atoms with Gasteiger partial charge < -0.3 is 4.90 Å². The van der Waals surface area contributed by atoms with Gasteiger partial charge in [-0.2, -0.15) is 5.10 Å². The molecule has 0 spiro atoms. The minimum Gasteiger partial charge on any atom is -0.337 e. The van der Waals surface area contributed by atoms with E-state index in [1.807, 2.05) is 30.9 Å². The van der Waals surface area contributed by atoms with E-state index in [2.05, 4.69) is 22.0 Å². The second-order valence-corrected chi connectivity index (χ2v) is 8.41. The summed E-state index contributed by atoms with van der Waals surface area (Å²) in [6.45, 7) is 6.17. The Morgan fingerprint density at radius 1 is 1.13 bits per heavy atom. The molecule has 0 N–H and O–H groups in total. The fourth-order valence-electron chi connectivity index (χ4n) is 5.17. The molecule has 3 atom stereocenters. The molecule has 2 saturated heterocycles. The van der Waals surface area contributed by atoms with Crippen LogP contribution < -0.4 is 0 Å². The van der Waals surface area contributed by atoms with Crippen LogP contribution in [0.25, 0.3) is 5.65 Å². The lowest BCUT2D eigenvalue weighted by atomic mass is 9.89. The number of aryl methyl sites for hydroxylation is 2. The highest BCUT2D eigenvalue weighted by Gasteiger charge is 2.47. The molecule has 0 unspecified atom stereocenters. The standard InChI is InChI=1S/C22H24FN5O.ClH/c1-13-7-14(2)28-20(24-13)9-19(25-28)22(29)27-11-16-10-26(3)21(18(16)12-27)15-5-4-6-17(23)8-15;/h4-9,16,18,21H,10-12H2,1-3H3;1H/t16-,18+,21-;/m0./s1. The molecule has 6 nitrogen and oxygen atoms in total. The maximum absolute atomic E-state index is 13.8. The molecule has 2 aromatic heterocycles. The number of carbonyl (C=O) groups excluding carboxylic acids is 1. The smallest absolute Gasteiger partial charge is 0.274 e. The summed E-state index contributed by atoms with van der Waals surface area (Å²) in [6.07, 6.45) is 0. The molecule has 1 aromatic carbocycles. The fraction of sp³-hybridized carbons (Fsp3) is 0.409. The Bertz CT molecular complexity index is 1120. The number of likely N-dealkylation sites (tertiary alicyclic amines) is 2. The molecule has 0 saturated carbocycles. The first-order valence-corrected chi connectivity index (χ1v) is 9.99. The van der Waals surface area contributed by atoms with Crippen molar-refractivity contribution in [2.45, 2.75) is 19.9 Å². The number of fused-ring (bicyclic) bond motifs is 2. The van der Waals surface area contributed by atoms with Crippen LogP contribution in [0.15, 0.2) is 36.4 Å². The minimum atomic E-state index is -0.215. The number of amides is 1. The monoisotopic (exact) mass is 429 g/mol. The number of hydrogen-bond acceptors (Lipinski definition) is 4. The summed E-state index contributed by atoms with van der Waals surface area (Å²) in [5, 5.41) is 4.50. The summed E-state index contributed by atoms with van der Waals surface area (Å²) in [5.41, 5.74) is 3.98. The molecule has 2 aliphatic heterocycles. The second-order valence-electron chi connectivity index (χ2n) is 8.41. The number of halogens is 2. The van der Waals surface area contributed by atoms with Gasteiger partial charge in [0, 0.05) is 49.0 Å². The van der Waals surface area contributed by atoms with Crippen molar-refractivity contribution in [1.29, 1.82) is 0 Å². The van der Waals surface area contributed by atoms with Crippen LogP contribution in [0, 0.1) is 31.5 Å². The van der Waals surface area contributed by atoms with Gasteiger partial charge in [0.15, 0.2) is 11.3 Å². The molecule has 3 aromatic rings. The van der Waals surface area contributed by atoms with Gasteiger partial charge >= 0.3 is 0 Å². The van der Waals surface area contributed by atoms with Crippen molar-refractivity contribution in [3.63, 3.8) is 0 Å². The van der Waals surface area contributed by atoms with Gasteiger partial charge in [-0.25, -0.2) is 13.9 Å². The van der Waals surface area contributed by atoms with Crippen LogP contribution >= 0.6 is 12.4 Å². The zero-order chi connectivity index (χ0) is 20.3. The first kappa shape index (κ1) is 20.8. The Morgan fingerprint density at radius 3 is 2.70 bits per heavy atom. The van der Waals surface area contributed by atoms with Crippen LogP contribution in [-0.2, 0) is 0 Å². The lowest BCUT2D eigenvalue weighted by Gasteiger charge is -2.26.